The van der Waals surface area contributed by atoms with E-state index in [9.17, 15) is 9.90 Å². The minimum absolute atomic E-state index is 0.0384. The molecular formula is C13H14Cl2INO2. The number of rotatable bonds is 2. The average molecular weight is 414 g/mol. The predicted molar refractivity (Wildman–Crippen MR) is 84.8 cm³/mol. The zero-order chi connectivity index (χ0) is 14.4. The maximum Gasteiger partial charge on any atom is 0.252 e. The molecule has 1 fully saturated rings. The standard InChI is InChI=1S/C13H14Cl2INO2/c1-13(2)9(5-10(13)18)17-12(19)7-3-6(14)4-8(15)11(7)16/h3-4,9-10,18H,5H2,1-2H3,(H,17,19). The average Bonchev–Trinajstić information content (AvgIpc) is 2.33. The van der Waals surface area contributed by atoms with E-state index in [4.69, 9.17) is 23.2 Å². The zero-order valence-electron chi connectivity index (χ0n) is 10.5. The maximum absolute atomic E-state index is 12.3. The number of carbonyl (C=O) groups is 1. The molecule has 2 atom stereocenters. The lowest BCUT2D eigenvalue weighted by molar-refractivity contribution is -0.0689. The fourth-order valence-corrected chi connectivity index (χ4v) is 3.15. The molecule has 2 unspecified atom stereocenters. The second-order valence-corrected chi connectivity index (χ2v) is 7.27. The van der Waals surface area contributed by atoms with Crippen LogP contribution in [0.1, 0.15) is 30.6 Å². The summed E-state index contributed by atoms with van der Waals surface area (Å²) < 4.78 is 0.679. The molecule has 6 heteroatoms. The van der Waals surface area contributed by atoms with E-state index in [1.807, 2.05) is 36.4 Å². The summed E-state index contributed by atoms with van der Waals surface area (Å²) in [5.41, 5.74) is 0.166. The highest BCUT2D eigenvalue weighted by atomic mass is 127. The topological polar surface area (TPSA) is 49.3 Å². The number of hydrogen-bond acceptors (Lipinski definition) is 2. The highest BCUT2D eigenvalue weighted by Crippen LogP contribution is 2.40. The number of benzene rings is 1. The number of nitrogens with one attached hydrogen (secondary N) is 1. The first-order chi connectivity index (χ1) is 8.73. The highest BCUT2D eigenvalue weighted by molar-refractivity contribution is 14.1. The van der Waals surface area contributed by atoms with E-state index >= 15 is 0 Å². The van der Waals surface area contributed by atoms with E-state index in [1.54, 1.807) is 12.1 Å². The van der Waals surface area contributed by atoms with E-state index in [1.165, 1.54) is 0 Å². The Morgan fingerprint density at radius 1 is 1.47 bits per heavy atom. The van der Waals surface area contributed by atoms with Crippen LogP contribution in [0, 0.1) is 8.99 Å². The Bertz CT molecular complexity index is 534. The quantitative estimate of drug-likeness (QED) is 0.576. The van der Waals surface area contributed by atoms with Crippen molar-refractivity contribution in [2.24, 2.45) is 5.41 Å². The molecule has 3 nitrogen and oxygen atoms in total. The zero-order valence-corrected chi connectivity index (χ0v) is 14.2. The molecule has 1 aromatic rings. The van der Waals surface area contributed by atoms with Crippen molar-refractivity contribution in [2.75, 3.05) is 0 Å². The number of amides is 1. The second-order valence-electron chi connectivity index (χ2n) is 5.35. The van der Waals surface area contributed by atoms with Gasteiger partial charge in [-0.25, -0.2) is 0 Å². The van der Waals surface area contributed by atoms with Crippen molar-refractivity contribution in [3.8, 4) is 0 Å². The van der Waals surface area contributed by atoms with Crippen molar-refractivity contribution in [1.82, 2.24) is 5.32 Å². The van der Waals surface area contributed by atoms with Crippen LogP contribution in [0.5, 0.6) is 0 Å². The molecule has 0 aliphatic heterocycles. The Balaban J connectivity index is 2.18. The van der Waals surface area contributed by atoms with E-state index < -0.39 is 0 Å². The van der Waals surface area contributed by atoms with Crippen molar-refractivity contribution >= 4 is 51.7 Å². The first kappa shape index (κ1) is 15.4. The van der Waals surface area contributed by atoms with Gasteiger partial charge >= 0.3 is 0 Å². The van der Waals surface area contributed by atoms with Gasteiger partial charge in [0.1, 0.15) is 0 Å². The molecule has 19 heavy (non-hydrogen) atoms. The van der Waals surface area contributed by atoms with Gasteiger partial charge in [0.2, 0.25) is 0 Å². The van der Waals surface area contributed by atoms with Crippen LogP contribution in [0.4, 0.5) is 0 Å². The molecule has 0 bridgehead atoms. The molecule has 2 N–H and O–H groups in total. The third-order valence-corrected chi connectivity index (χ3v) is 5.76. The van der Waals surface area contributed by atoms with Gasteiger partial charge in [-0.1, -0.05) is 37.0 Å². The maximum atomic E-state index is 12.3. The number of halogens is 3. The van der Waals surface area contributed by atoms with Crippen molar-refractivity contribution < 1.29 is 9.90 Å². The van der Waals surface area contributed by atoms with Gasteiger partial charge in [0, 0.05) is 20.0 Å². The van der Waals surface area contributed by atoms with Crippen molar-refractivity contribution in [2.45, 2.75) is 32.4 Å². The van der Waals surface area contributed by atoms with Gasteiger partial charge in [-0.3, -0.25) is 4.79 Å². The Labute approximate surface area is 135 Å². The number of carbonyl (C=O) groups excluding carboxylic acids is 1. The first-order valence-electron chi connectivity index (χ1n) is 5.87. The van der Waals surface area contributed by atoms with Crippen molar-refractivity contribution in [1.29, 1.82) is 0 Å². The van der Waals surface area contributed by atoms with E-state index in [2.05, 4.69) is 5.32 Å². The highest BCUT2D eigenvalue weighted by Gasteiger charge is 2.48. The molecule has 0 saturated heterocycles. The minimum atomic E-state index is -0.375. The Morgan fingerprint density at radius 3 is 2.63 bits per heavy atom. The van der Waals surface area contributed by atoms with E-state index in [-0.39, 0.29) is 23.5 Å². The molecule has 1 aliphatic rings. The molecule has 1 saturated carbocycles. The van der Waals surface area contributed by atoms with Crippen LogP contribution in [-0.2, 0) is 0 Å². The summed E-state index contributed by atoms with van der Waals surface area (Å²) in [5.74, 6) is -0.209. The lowest BCUT2D eigenvalue weighted by atomic mass is 9.64. The summed E-state index contributed by atoms with van der Waals surface area (Å²) in [5, 5.41) is 13.5. The number of hydrogen-bond donors (Lipinski definition) is 2. The van der Waals surface area contributed by atoms with Gasteiger partial charge in [0.25, 0.3) is 5.91 Å². The fourth-order valence-electron chi connectivity index (χ4n) is 2.10. The summed E-state index contributed by atoms with van der Waals surface area (Å²) in [4.78, 5) is 12.3. The lowest BCUT2D eigenvalue weighted by Crippen LogP contribution is -2.61. The van der Waals surface area contributed by atoms with Crippen LogP contribution >= 0.6 is 45.8 Å². The molecule has 0 heterocycles. The van der Waals surface area contributed by atoms with Crippen LogP contribution in [0.2, 0.25) is 10.0 Å². The van der Waals surface area contributed by atoms with Gasteiger partial charge < -0.3 is 10.4 Å². The SMILES string of the molecule is CC1(C)C(O)CC1NC(=O)c1cc(Cl)cc(Cl)c1I. The van der Waals surface area contributed by atoms with Crippen LogP contribution in [0.3, 0.4) is 0 Å². The Morgan fingerprint density at radius 2 is 2.11 bits per heavy atom. The lowest BCUT2D eigenvalue weighted by Gasteiger charge is -2.49. The van der Waals surface area contributed by atoms with Crippen molar-refractivity contribution in [3.63, 3.8) is 0 Å². The molecule has 1 amide bonds. The normalized spacial score (nSPS) is 24.7. The van der Waals surface area contributed by atoms with Gasteiger partial charge in [0.05, 0.1) is 16.7 Å². The molecule has 0 spiro atoms. The summed E-state index contributed by atoms with van der Waals surface area (Å²) in [6.45, 7) is 3.87. The van der Waals surface area contributed by atoms with Crippen LogP contribution < -0.4 is 5.32 Å². The molecule has 0 radical (unpaired) electrons. The first-order valence-corrected chi connectivity index (χ1v) is 7.70. The summed E-state index contributed by atoms with van der Waals surface area (Å²) in [6, 6.07) is 3.18. The fraction of sp³-hybridized carbons (Fsp3) is 0.462. The summed E-state index contributed by atoms with van der Waals surface area (Å²) in [6.07, 6.45) is 0.198. The predicted octanol–water partition coefficient (Wildman–Crippen LogP) is 3.49. The minimum Gasteiger partial charge on any atom is -0.392 e. The van der Waals surface area contributed by atoms with Crippen LogP contribution in [0.25, 0.3) is 0 Å². The van der Waals surface area contributed by atoms with Gasteiger partial charge in [-0.05, 0) is 41.1 Å². The molecule has 104 valence electrons. The van der Waals surface area contributed by atoms with Crippen molar-refractivity contribution in [3.05, 3.63) is 31.3 Å². The van der Waals surface area contributed by atoms with Gasteiger partial charge in [0.15, 0.2) is 0 Å². The van der Waals surface area contributed by atoms with Crippen LogP contribution in [0.15, 0.2) is 12.1 Å². The summed E-state index contributed by atoms with van der Waals surface area (Å²) >= 11 is 14.0. The monoisotopic (exact) mass is 413 g/mol. The molecule has 1 aromatic carbocycles. The molecular weight excluding hydrogens is 400 g/mol. The third-order valence-electron chi connectivity index (χ3n) is 3.76. The van der Waals surface area contributed by atoms with Crippen LogP contribution in [-0.4, -0.2) is 23.2 Å². The number of aliphatic hydroxyl groups is 1. The van der Waals surface area contributed by atoms with Gasteiger partial charge in [-0.15, -0.1) is 0 Å². The van der Waals surface area contributed by atoms with E-state index in [0.717, 1.165) is 0 Å². The Hall–Kier alpha value is -0.0400. The molecule has 2 rings (SSSR count). The number of aliphatic hydroxyl groups excluding tert-OH is 1. The largest absolute Gasteiger partial charge is 0.392 e. The van der Waals surface area contributed by atoms with Gasteiger partial charge in [-0.2, -0.15) is 0 Å². The molecule has 0 aromatic heterocycles. The summed E-state index contributed by atoms with van der Waals surface area (Å²) in [7, 11) is 0. The third kappa shape index (κ3) is 2.86. The van der Waals surface area contributed by atoms with E-state index in [0.29, 0.717) is 25.6 Å². The Kier molecular flexibility index (Phi) is 4.35. The smallest absolute Gasteiger partial charge is 0.252 e. The second kappa shape index (κ2) is 5.39. The molecule has 1 aliphatic carbocycles.